The predicted octanol–water partition coefficient (Wildman–Crippen LogP) is 2.28. The first kappa shape index (κ1) is 14.8. The first-order valence-electron chi connectivity index (χ1n) is 5.87. The Labute approximate surface area is 112 Å². The summed E-state index contributed by atoms with van der Waals surface area (Å²) in [7, 11) is 0. The zero-order valence-electron chi connectivity index (χ0n) is 10.8. The largest absolute Gasteiger partial charge is 0.480 e. The van der Waals surface area contributed by atoms with Gasteiger partial charge in [0.15, 0.2) is 0 Å². The molecule has 0 heterocycles. The van der Waals surface area contributed by atoms with Gasteiger partial charge in [0.25, 0.3) is 0 Å². The number of benzene rings is 1. The molecule has 5 heteroatoms. The standard InChI is InChI=1S/C14H17NO4/c1-3-9-15(11(2)13(16)17)14(18)19-10-12-7-5-4-6-8-12/h3-8,11H,1,9-10H2,2H3,(H,16,17)/t11-/m1/s1. The Kier molecular flexibility index (Phi) is 5.60. The second-order valence-corrected chi connectivity index (χ2v) is 4.00. The number of aliphatic carboxylic acids is 1. The first-order chi connectivity index (χ1) is 9.06. The van der Waals surface area contributed by atoms with Gasteiger partial charge in [-0.15, -0.1) is 6.58 Å². The zero-order valence-corrected chi connectivity index (χ0v) is 10.8. The molecule has 102 valence electrons. The van der Waals surface area contributed by atoms with Crippen LogP contribution in [0.2, 0.25) is 0 Å². The molecule has 0 aliphatic heterocycles. The smallest absolute Gasteiger partial charge is 0.411 e. The van der Waals surface area contributed by atoms with Crippen molar-refractivity contribution in [2.45, 2.75) is 19.6 Å². The number of rotatable bonds is 6. The molecule has 0 bridgehead atoms. The Balaban J connectivity index is 2.62. The van der Waals surface area contributed by atoms with Crippen LogP contribution in [0.5, 0.6) is 0 Å². The molecule has 1 N–H and O–H groups in total. The fraction of sp³-hybridized carbons (Fsp3) is 0.286. The van der Waals surface area contributed by atoms with Gasteiger partial charge in [0.2, 0.25) is 0 Å². The summed E-state index contributed by atoms with van der Waals surface area (Å²) in [5, 5.41) is 8.93. The summed E-state index contributed by atoms with van der Waals surface area (Å²) in [6.07, 6.45) is 0.794. The van der Waals surface area contributed by atoms with Gasteiger partial charge in [0.1, 0.15) is 12.6 Å². The number of nitrogens with zero attached hydrogens (tertiary/aromatic N) is 1. The molecule has 1 rings (SSSR count). The lowest BCUT2D eigenvalue weighted by Crippen LogP contribution is -2.43. The molecule has 0 fully saturated rings. The van der Waals surface area contributed by atoms with E-state index < -0.39 is 18.1 Å². The number of carboxylic acids is 1. The van der Waals surface area contributed by atoms with Gasteiger partial charge in [0, 0.05) is 6.54 Å². The molecule has 5 nitrogen and oxygen atoms in total. The SMILES string of the molecule is C=CCN(C(=O)OCc1ccccc1)[C@H](C)C(=O)O. The number of hydrogen-bond donors (Lipinski definition) is 1. The second kappa shape index (κ2) is 7.20. The predicted molar refractivity (Wildman–Crippen MR) is 70.6 cm³/mol. The van der Waals surface area contributed by atoms with Gasteiger partial charge in [-0.2, -0.15) is 0 Å². The molecule has 0 aliphatic rings. The number of hydrogen-bond acceptors (Lipinski definition) is 3. The van der Waals surface area contributed by atoms with Crippen molar-refractivity contribution in [2.75, 3.05) is 6.54 Å². The summed E-state index contributed by atoms with van der Waals surface area (Å²) in [6, 6.07) is 8.23. The third-order valence-corrected chi connectivity index (χ3v) is 2.59. The van der Waals surface area contributed by atoms with Gasteiger partial charge in [-0.1, -0.05) is 36.4 Å². The molecular weight excluding hydrogens is 246 g/mol. The maximum Gasteiger partial charge on any atom is 0.411 e. The van der Waals surface area contributed by atoms with E-state index in [1.165, 1.54) is 13.0 Å². The molecule has 1 aromatic carbocycles. The summed E-state index contributed by atoms with van der Waals surface area (Å²) >= 11 is 0. The summed E-state index contributed by atoms with van der Waals surface area (Å²) in [6.45, 7) is 5.16. The number of carbonyl (C=O) groups is 2. The molecule has 1 aromatic rings. The van der Waals surface area contributed by atoms with Crippen molar-refractivity contribution in [1.29, 1.82) is 0 Å². The monoisotopic (exact) mass is 263 g/mol. The van der Waals surface area contributed by atoms with E-state index in [9.17, 15) is 9.59 Å². The molecule has 0 aliphatic carbocycles. The third-order valence-electron chi connectivity index (χ3n) is 2.59. The normalized spacial score (nSPS) is 11.4. The lowest BCUT2D eigenvalue weighted by Gasteiger charge is -2.24. The van der Waals surface area contributed by atoms with Crippen LogP contribution < -0.4 is 0 Å². The first-order valence-corrected chi connectivity index (χ1v) is 5.87. The average molecular weight is 263 g/mol. The van der Waals surface area contributed by atoms with E-state index in [0.717, 1.165) is 10.5 Å². The molecule has 19 heavy (non-hydrogen) atoms. The van der Waals surface area contributed by atoms with Crippen LogP contribution in [0.1, 0.15) is 12.5 Å². The highest BCUT2D eigenvalue weighted by atomic mass is 16.6. The molecule has 1 atom stereocenters. The number of amides is 1. The van der Waals surface area contributed by atoms with Crippen molar-refractivity contribution in [3.63, 3.8) is 0 Å². The van der Waals surface area contributed by atoms with Crippen LogP contribution in [0.25, 0.3) is 0 Å². The van der Waals surface area contributed by atoms with Gasteiger partial charge in [-0.05, 0) is 12.5 Å². The Morgan fingerprint density at radius 2 is 2.05 bits per heavy atom. The van der Waals surface area contributed by atoms with Crippen LogP contribution in [0.3, 0.4) is 0 Å². The van der Waals surface area contributed by atoms with Crippen molar-refractivity contribution < 1.29 is 19.4 Å². The number of ether oxygens (including phenoxy) is 1. The Morgan fingerprint density at radius 1 is 1.42 bits per heavy atom. The Hall–Kier alpha value is -2.30. The van der Waals surface area contributed by atoms with Crippen LogP contribution in [0.15, 0.2) is 43.0 Å². The van der Waals surface area contributed by atoms with Crippen LogP contribution in [0, 0.1) is 0 Å². The summed E-state index contributed by atoms with van der Waals surface area (Å²) in [5.74, 6) is -1.08. The highest BCUT2D eigenvalue weighted by Gasteiger charge is 2.25. The number of carboxylic acid groups (broad SMARTS) is 1. The summed E-state index contributed by atoms with van der Waals surface area (Å²) in [5.41, 5.74) is 0.845. The van der Waals surface area contributed by atoms with Gasteiger partial charge in [0.05, 0.1) is 0 Å². The van der Waals surface area contributed by atoms with Crippen molar-refractivity contribution in [3.8, 4) is 0 Å². The van der Waals surface area contributed by atoms with Crippen LogP contribution in [-0.4, -0.2) is 34.7 Å². The minimum absolute atomic E-state index is 0.111. The highest BCUT2D eigenvalue weighted by molar-refractivity contribution is 5.79. The maximum absolute atomic E-state index is 11.8. The van der Waals surface area contributed by atoms with Crippen molar-refractivity contribution in [3.05, 3.63) is 48.6 Å². The van der Waals surface area contributed by atoms with E-state index in [4.69, 9.17) is 9.84 Å². The quantitative estimate of drug-likeness (QED) is 0.799. The zero-order chi connectivity index (χ0) is 14.3. The van der Waals surface area contributed by atoms with Crippen LogP contribution >= 0.6 is 0 Å². The molecular formula is C14H17NO4. The molecule has 0 saturated heterocycles. The van der Waals surface area contributed by atoms with Gasteiger partial charge in [-0.3, -0.25) is 4.90 Å². The molecule has 0 aromatic heterocycles. The lowest BCUT2D eigenvalue weighted by molar-refractivity contribution is -0.141. The van der Waals surface area contributed by atoms with Crippen molar-refractivity contribution in [1.82, 2.24) is 4.90 Å². The van der Waals surface area contributed by atoms with Gasteiger partial charge in [-0.25, -0.2) is 9.59 Å². The van der Waals surface area contributed by atoms with E-state index in [-0.39, 0.29) is 13.2 Å². The molecule has 0 saturated carbocycles. The second-order valence-electron chi connectivity index (χ2n) is 4.00. The van der Waals surface area contributed by atoms with Crippen LogP contribution in [-0.2, 0) is 16.1 Å². The fourth-order valence-corrected chi connectivity index (χ4v) is 1.47. The minimum atomic E-state index is -1.08. The number of carbonyl (C=O) groups excluding carboxylic acids is 1. The molecule has 0 spiro atoms. The van der Waals surface area contributed by atoms with E-state index >= 15 is 0 Å². The van der Waals surface area contributed by atoms with E-state index in [2.05, 4.69) is 6.58 Å². The van der Waals surface area contributed by atoms with Crippen LogP contribution in [0.4, 0.5) is 4.79 Å². The average Bonchev–Trinajstić information content (AvgIpc) is 2.42. The van der Waals surface area contributed by atoms with Crippen molar-refractivity contribution in [2.24, 2.45) is 0 Å². The Morgan fingerprint density at radius 3 is 2.58 bits per heavy atom. The highest BCUT2D eigenvalue weighted by Crippen LogP contribution is 2.06. The van der Waals surface area contributed by atoms with Gasteiger partial charge >= 0.3 is 12.1 Å². The summed E-state index contributed by atoms with van der Waals surface area (Å²) < 4.78 is 5.09. The Bertz CT molecular complexity index is 444. The van der Waals surface area contributed by atoms with Gasteiger partial charge < -0.3 is 9.84 Å². The van der Waals surface area contributed by atoms with E-state index in [1.54, 1.807) is 0 Å². The van der Waals surface area contributed by atoms with Crippen molar-refractivity contribution >= 4 is 12.1 Å². The topological polar surface area (TPSA) is 66.8 Å². The maximum atomic E-state index is 11.8. The third kappa shape index (κ3) is 4.46. The minimum Gasteiger partial charge on any atom is -0.480 e. The molecule has 1 amide bonds. The summed E-state index contributed by atoms with van der Waals surface area (Å²) in [4.78, 5) is 23.9. The lowest BCUT2D eigenvalue weighted by atomic mass is 10.2. The molecule has 0 radical (unpaired) electrons. The fourth-order valence-electron chi connectivity index (χ4n) is 1.47. The van der Waals surface area contributed by atoms with E-state index in [1.807, 2.05) is 30.3 Å². The van der Waals surface area contributed by atoms with E-state index in [0.29, 0.717) is 0 Å². The molecule has 0 unspecified atom stereocenters.